The van der Waals surface area contributed by atoms with Gasteiger partial charge in [0.15, 0.2) is 0 Å². The van der Waals surface area contributed by atoms with Crippen LogP contribution in [0.2, 0.25) is 0 Å². The van der Waals surface area contributed by atoms with Crippen LogP contribution in [0.3, 0.4) is 0 Å². The summed E-state index contributed by atoms with van der Waals surface area (Å²) < 4.78 is 6.28. The molecule has 8 heteroatoms. The third-order valence-corrected chi connectivity index (χ3v) is 8.29. The van der Waals surface area contributed by atoms with Crippen LogP contribution in [-0.2, 0) is 17.8 Å². The molecule has 0 unspecified atom stereocenters. The molecule has 2 fully saturated rings. The van der Waals surface area contributed by atoms with Crippen molar-refractivity contribution in [1.82, 2.24) is 19.8 Å². The molecule has 3 aliphatic heterocycles. The van der Waals surface area contributed by atoms with Gasteiger partial charge >= 0.3 is 6.01 Å². The molecule has 0 radical (unpaired) electrons. The Balaban J connectivity index is 1.43. The summed E-state index contributed by atoms with van der Waals surface area (Å²) in [7, 11) is 2.16. The zero-order chi connectivity index (χ0) is 26.6. The minimum atomic E-state index is -0.00450. The number of hydrogen-bond donors (Lipinski definition) is 0. The highest BCUT2D eigenvalue weighted by Crippen LogP contribution is 2.32. The van der Waals surface area contributed by atoms with Crippen molar-refractivity contribution in [1.29, 1.82) is 0 Å². The lowest BCUT2D eigenvalue weighted by atomic mass is 10.0. The van der Waals surface area contributed by atoms with E-state index in [0.29, 0.717) is 37.7 Å². The Labute approximate surface area is 227 Å². The van der Waals surface area contributed by atoms with Crippen molar-refractivity contribution in [3.8, 4) is 6.01 Å². The van der Waals surface area contributed by atoms with Crippen LogP contribution in [0.1, 0.15) is 55.8 Å². The molecule has 1 amide bonds. The minimum Gasteiger partial charge on any atom is -0.462 e. The number of benzene rings is 1. The number of ether oxygens (including phenoxy) is 1. The molecule has 3 aliphatic rings. The Kier molecular flexibility index (Phi) is 8.17. The molecule has 0 bridgehead atoms. The van der Waals surface area contributed by atoms with Crippen molar-refractivity contribution in [3.05, 3.63) is 53.7 Å². The van der Waals surface area contributed by atoms with Crippen LogP contribution < -0.4 is 14.5 Å². The zero-order valence-corrected chi connectivity index (χ0v) is 23.2. The molecule has 38 heavy (non-hydrogen) atoms. The van der Waals surface area contributed by atoms with E-state index >= 15 is 0 Å². The summed E-state index contributed by atoms with van der Waals surface area (Å²) in [5.41, 5.74) is 4.88. The van der Waals surface area contributed by atoms with Gasteiger partial charge in [-0.15, -0.1) is 0 Å². The molecule has 1 atom stereocenters. The number of likely N-dealkylation sites (tertiary alicyclic amines) is 1. The monoisotopic (exact) mass is 518 g/mol. The highest BCUT2D eigenvalue weighted by atomic mass is 16.5. The van der Waals surface area contributed by atoms with E-state index in [0.717, 1.165) is 63.5 Å². The van der Waals surface area contributed by atoms with E-state index in [1.54, 1.807) is 0 Å². The average Bonchev–Trinajstić information content (AvgIpc) is 3.23. The van der Waals surface area contributed by atoms with Crippen LogP contribution in [0.4, 0.5) is 11.5 Å². The third-order valence-electron chi connectivity index (χ3n) is 8.29. The van der Waals surface area contributed by atoms with Crippen molar-refractivity contribution in [2.75, 3.05) is 62.7 Å². The molecule has 0 saturated carbocycles. The largest absolute Gasteiger partial charge is 0.462 e. The lowest BCUT2D eigenvalue weighted by molar-refractivity contribution is -0.126. The number of piperazine rings is 1. The average molecular weight is 519 g/mol. The van der Waals surface area contributed by atoms with Crippen LogP contribution in [0.5, 0.6) is 6.01 Å². The fourth-order valence-corrected chi connectivity index (χ4v) is 5.84. The Morgan fingerprint density at radius 1 is 1.11 bits per heavy atom. The fourth-order valence-electron chi connectivity index (χ4n) is 5.84. The molecule has 8 nitrogen and oxygen atoms in total. The highest BCUT2D eigenvalue weighted by Gasteiger charge is 2.28. The quantitative estimate of drug-likeness (QED) is 0.516. The molecule has 0 N–H and O–H groups in total. The van der Waals surface area contributed by atoms with Crippen molar-refractivity contribution >= 4 is 17.4 Å². The van der Waals surface area contributed by atoms with Gasteiger partial charge in [0.25, 0.3) is 0 Å². The van der Waals surface area contributed by atoms with Crippen LogP contribution in [0.25, 0.3) is 0 Å². The second kappa shape index (κ2) is 11.7. The number of fused-ring (bicyclic) bond motifs is 1. The van der Waals surface area contributed by atoms with Crippen molar-refractivity contribution in [2.24, 2.45) is 0 Å². The van der Waals surface area contributed by atoms with E-state index in [9.17, 15) is 4.79 Å². The smallest absolute Gasteiger partial charge is 0.318 e. The minimum absolute atomic E-state index is 0.00450. The Morgan fingerprint density at radius 2 is 1.92 bits per heavy atom. The SMILES string of the molecule is C=CC(=O)N1CCN(c2nc(OC[C@@H]3CCCN3C)nc3c2CCCN(c2cccc(C(C)C)c2)C3)CC1. The molecule has 0 aliphatic carbocycles. The number of likely N-dealkylation sites (N-methyl/N-ethyl adjacent to an activating group) is 1. The summed E-state index contributed by atoms with van der Waals surface area (Å²) in [6.07, 6.45) is 5.73. The lowest BCUT2D eigenvalue weighted by Crippen LogP contribution is -2.49. The first-order valence-electron chi connectivity index (χ1n) is 14.2. The number of hydrogen-bond acceptors (Lipinski definition) is 7. The molecule has 1 aromatic heterocycles. The van der Waals surface area contributed by atoms with Gasteiger partial charge in [0, 0.05) is 50.0 Å². The summed E-state index contributed by atoms with van der Waals surface area (Å²) in [4.78, 5) is 31.1. The first-order chi connectivity index (χ1) is 18.4. The normalized spacial score (nSPS) is 20.4. The maximum atomic E-state index is 12.2. The number of carbonyl (C=O) groups is 1. The maximum absolute atomic E-state index is 12.2. The molecule has 2 saturated heterocycles. The van der Waals surface area contributed by atoms with Gasteiger partial charge in [-0.05, 0) is 69.0 Å². The second-order valence-electron chi connectivity index (χ2n) is 11.1. The molecule has 4 heterocycles. The third kappa shape index (κ3) is 5.80. The summed E-state index contributed by atoms with van der Waals surface area (Å²) in [5.74, 6) is 1.46. The van der Waals surface area contributed by atoms with Gasteiger partial charge < -0.3 is 24.3 Å². The predicted octanol–water partition coefficient (Wildman–Crippen LogP) is 3.86. The topological polar surface area (TPSA) is 65.0 Å². The number of rotatable bonds is 7. The van der Waals surface area contributed by atoms with Crippen LogP contribution in [-0.4, -0.2) is 84.6 Å². The van der Waals surface area contributed by atoms with Gasteiger partial charge in [0.2, 0.25) is 5.91 Å². The molecule has 0 spiro atoms. The van der Waals surface area contributed by atoms with Crippen LogP contribution >= 0.6 is 0 Å². The van der Waals surface area contributed by atoms with Gasteiger partial charge in [-0.25, -0.2) is 0 Å². The Bertz CT molecular complexity index is 1140. The van der Waals surface area contributed by atoms with E-state index in [4.69, 9.17) is 14.7 Å². The number of carbonyl (C=O) groups excluding carboxylic acids is 1. The predicted molar refractivity (Wildman–Crippen MR) is 152 cm³/mol. The van der Waals surface area contributed by atoms with E-state index < -0.39 is 0 Å². The number of amides is 1. The fraction of sp³-hybridized carbons (Fsp3) is 0.567. The van der Waals surface area contributed by atoms with Crippen molar-refractivity contribution in [3.63, 3.8) is 0 Å². The van der Waals surface area contributed by atoms with E-state index in [-0.39, 0.29) is 5.91 Å². The van der Waals surface area contributed by atoms with Crippen molar-refractivity contribution in [2.45, 2.75) is 58.0 Å². The second-order valence-corrected chi connectivity index (χ2v) is 11.1. The van der Waals surface area contributed by atoms with Crippen LogP contribution in [0, 0.1) is 0 Å². The Hall–Kier alpha value is -3.13. The van der Waals surface area contributed by atoms with Gasteiger partial charge in [0.1, 0.15) is 12.4 Å². The summed E-state index contributed by atoms with van der Waals surface area (Å²) in [6, 6.07) is 9.79. The maximum Gasteiger partial charge on any atom is 0.318 e. The van der Waals surface area contributed by atoms with E-state index in [2.05, 4.69) is 66.4 Å². The number of nitrogens with zero attached hydrogens (tertiary/aromatic N) is 6. The molecule has 5 rings (SSSR count). The molecule has 1 aromatic carbocycles. The van der Waals surface area contributed by atoms with Gasteiger partial charge in [-0.2, -0.15) is 9.97 Å². The van der Waals surface area contributed by atoms with E-state index in [1.807, 2.05) is 4.90 Å². The molecular weight excluding hydrogens is 476 g/mol. The first-order valence-corrected chi connectivity index (χ1v) is 14.2. The first kappa shape index (κ1) is 26.5. The van der Waals surface area contributed by atoms with Gasteiger partial charge in [0.05, 0.1) is 12.2 Å². The molecular formula is C30H42N6O2. The van der Waals surface area contributed by atoms with Gasteiger partial charge in [-0.1, -0.05) is 32.6 Å². The van der Waals surface area contributed by atoms with E-state index in [1.165, 1.54) is 29.3 Å². The Morgan fingerprint density at radius 3 is 2.63 bits per heavy atom. The summed E-state index contributed by atoms with van der Waals surface area (Å²) in [5, 5.41) is 0. The summed E-state index contributed by atoms with van der Waals surface area (Å²) >= 11 is 0. The zero-order valence-electron chi connectivity index (χ0n) is 23.2. The lowest BCUT2D eigenvalue weighted by Gasteiger charge is -2.36. The molecule has 2 aromatic rings. The highest BCUT2D eigenvalue weighted by molar-refractivity contribution is 5.87. The number of anilines is 2. The van der Waals surface area contributed by atoms with Gasteiger partial charge in [-0.3, -0.25) is 4.79 Å². The number of aromatic nitrogens is 2. The van der Waals surface area contributed by atoms with Crippen LogP contribution in [0.15, 0.2) is 36.9 Å². The van der Waals surface area contributed by atoms with Crippen molar-refractivity contribution < 1.29 is 9.53 Å². The summed E-state index contributed by atoms with van der Waals surface area (Å²) in [6.45, 7) is 14.4. The molecule has 204 valence electrons. The standard InChI is InChI=1S/C30H42N6O2/c1-5-28(37)34-15-17-35(18-16-34)29-26-12-8-14-36(24-10-6-9-23(19-24)22(2)3)20-27(26)31-30(32-29)38-21-25-11-7-13-33(25)4/h5-6,9-10,19,22,25H,1,7-8,11-18,20-21H2,2-4H3/t25-/m0/s1.